The van der Waals surface area contributed by atoms with Crippen LogP contribution < -0.4 is 0 Å². The van der Waals surface area contributed by atoms with Crippen molar-refractivity contribution in [3.8, 4) is 23.3 Å². The highest BCUT2D eigenvalue weighted by molar-refractivity contribution is 6.35. The summed E-state index contributed by atoms with van der Waals surface area (Å²) in [5.74, 6) is 0.555. The van der Waals surface area contributed by atoms with E-state index in [0.29, 0.717) is 17.2 Å². The molecule has 0 saturated heterocycles. The van der Waals surface area contributed by atoms with E-state index in [0.717, 1.165) is 49.2 Å². The maximum Gasteiger partial charge on any atom is 0.237 e. The van der Waals surface area contributed by atoms with Gasteiger partial charge in [0, 0.05) is 54.9 Å². The van der Waals surface area contributed by atoms with Crippen molar-refractivity contribution in [1.82, 2.24) is 23.9 Å². The second-order valence-electron chi connectivity index (χ2n) is 12.4. The molecule has 0 aliphatic rings. The van der Waals surface area contributed by atoms with Crippen LogP contribution >= 0.6 is 0 Å². The standard InChI is InChI=1S/C42H22N6/c43-23-24-15-17-26(18-16-24)37-31-12-7-21-44-41(31)46-42(45-37)48-38-27-9-2-1-8-25(27)19-20-29(38)33-22-32-28-10-3-5-13-34(28)47-35-14-6-4-11-30(35)36(39(32)47)40(33)48/h1-22H. The van der Waals surface area contributed by atoms with Gasteiger partial charge in [-0.1, -0.05) is 84.9 Å². The van der Waals surface area contributed by atoms with Crippen LogP contribution in [0, 0.1) is 11.3 Å². The zero-order valence-electron chi connectivity index (χ0n) is 25.4. The first-order valence-corrected chi connectivity index (χ1v) is 15.9. The van der Waals surface area contributed by atoms with E-state index in [1.807, 2.05) is 36.4 Å². The highest BCUT2D eigenvalue weighted by atomic mass is 15.2. The minimum Gasteiger partial charge on any atom is -0.308 e. The van der Waals surface area contributed by atoms with Crippen molar-refractivity contribution in [3.63, 3.8) is 0 Å². The number of benzene rings is 6. The van der Waals surface area contributed by atoms with E-state index in [1.54, 1.807) is 6.20 Å². The number of nitriles is 1. The van der Waals surface area contributed by atoms with E-state index in [1.165, 1.54) is 38.1 Å². The molecule has 11 rings (SSSR count). The summed E-state index contributed by atoms with van der Waals surface area (Å²) in [6, 6.07) is 46.5. The number of rotatable bonds is 2. The van der Waals surface area contributed by atoms with Crippen LogP contribution in [0.15, 0.2) is 134 Å². The van der Waals surface area contributed by atoms with E-state index in [-0.39, 0.29) is 0 Å². The van der Waals surface area contributed by atoms with Gasteiger partial charge in [0.25, 0.3) is 0 Å². The highest BCUT2D eigenvalue weighted by Crippen LogP contribution is 2.47. The lowest BCUT2D eigenvalue weighted by Crippen LogP contribution is -2.04. The molecule has 0 aliphatic heterocycles. The van der Waals surface area contributed by atoms with E-state index >= 15 is 0 Å². The van der Waals surface area contributed by atoms with E-state index in [2.05, 4.69) is 106 Å². The van der Waals surface area contributed by atoms with Crippen molar-refractivity contribution >= 4 is 81.7 Å². The number of fused-ring (bicyclic) bond motifs is 13. The average molecular weight is 611 g/mol. The first-order chi connectivity index (χ1) is 23.8. The Kier molecular flexibility index (Phi) is 4.82. The molecule has 5 aromatic heterocycles. The van der Waals surface area contributed by atoms with E-state index in [4.69, 9.17) is 15.0 Å². The molecule has 0 spiro atoms. The zero-order valence-corrected chi connectivity index (χ0v) is 25.4. The van der Waals surface area contributed by atoms with Gasteiger partial charge < -0.3 is 4.40 Å². The molecule has 220 valence electrons. The van der Waals surface area contributed by atoms with Gasteiger partial charge in [-0.2, -0.15) is 10.2 Å². The quantitative estimate of drug-likeness (QED) is 0.195. The SMILES string of the molecule is N#Cc1ccc(-c2nc(-n3c4c5ccccc5ccc4c4cc5c6ccccc6n6c7ccccc7c(c43)c56)nc3ncccc23)cc1. The number of aromatic nitrogens is 5. The molecular weight excluding hydrogens is 589 g/mol. The van der Waals surface area contributed by atoms with Crippen LogP contribution in [-0.2, 0) is 0 Å². The summed E-state index contributed by atoms with van der Waals surface area (Å²) in [5, 5.41) is 19.8. The lowest BCUT2D eigenvalue weighted by molar-refractivity contribution is 1.01. The molecule has 6 heteroatoms. The van der Waals surface area contributed by atoms with Crippen LogP contribution in [0.4, 0.5) is 0 Å². The second kappa shape index (κ2) is 9.12. The smallest absolute Gasteiger partial charge is 0.237 e. The molecule has 0 saturated carbocycles. The molecule has 11 aromatic rings. The fourth-order valence-electron chi connectivity index (χ4n) is 7.94. The van der Waals surface area contributed by atoms with Gasteiger partial charge in [0.1, 0.15) is 0 Å². The number of hydrogen-bond donors (Lipinski definition) is 0. The van der Waals surface area contributed by atoms with Gasteiger partial charge in [-0.25, -0.2) is 9.97 Å². The normalized spacial score (nSPS) is 12.1. The van der Waals surface area contributed by atoms with Gasteiger partial charge in [-0.3, -0.25) is 4.57 Å². The first kappa shape index (κ1) is 25.4. The molecule has 6 nitrogen and oxygen atoms in total. The summed E-state index contributed by atoms with van der Waals surface area (Å²) in [6.45, 7) is 0. The van der Waals surface area contributed by atoms with Crippen LogP contribution in [0.5, 0.6) is 0 Å². The average Bonchev–Trinajstić information content (AvgIpc) is 3.79. The first-order valence-electron chi connectivity index (χ1n) is 15.9. The van der Waals surface area contributed by atoms with Crippen LogP contribution in [-0.4, -0.2) is 23.9 Å². The number of pyridine rings is 1. The molecule has 0 bridgehead atoms. The van der Waals surface area contributed by atoms with Crippen molar-refractivity contribution in [3.05, 3.63) is 139 Å². The zero-order chi connectivity index (χ0) is 31.5. The Labute approximate surface area is 272 Å². The molecule has 48 heavy (non-hydrogen) atoms. The third-order valence-corrected chi connectivity index (χ3v) is 9.93. The molecule has 0 radical (unpaired) electrons. The van der Waals surface area contributed by atoms with Crippen molar-refractivity contribution in [2.24, 2.45) is 0 Å². The Morgan fingerprint density at radius 3 is 2.08 bits per heavy atom. The predicted octanol–water partition coefficient (Wildman–Crippen LogP) is 9.96. The van der Waals surface area contributed by atoms with Crippen LogP contribution in [0.3, 0.4) is 0 Å². The fraction of sp³-hybridized carbons (Fsp3) is 0. The Morgan fingerprint density at radius 1 is 0.542 bits per heavy atom. The minimum atomic E-state index is 0.555. The molecular formula is C42H22N6. The van der Waals surface area contributed by atoms with Crippen molar-refractivity contribution in [1.29, 1.82) is 5.26 Å². The van der Waals surface area contributed by atoms with Gasteiger partial charge in [0.2, 0.25) is 5.95 Å². The Balaban J connectivity index is 1.40. The number of nitrogens with zero attached hydrogens (tertiary/aromatic N) is 6. The number of para-hydroxylation sites is 2. The lowest BCUT2D eigenvalue weighted by Gasteiger charge is -2.13. The van der Waals surface area contributed by atoms with Crippen molar-refractivity contribution in [2.45, 2.75) is 0 Å². The topological polar surface area (TPSA) is 71.8 Å². The molecule has 0 amide bonds. The maximum atomic E-state index is 9.48. The second-order valence-corrected chi connectivity index (χ2v) is 12.4. The summed E-state index contributed by atoms with van der Waals surface area (Å²) < 4.78 is 4.69. The van der Waals surface area contributed by atoms with Crippen molar-refractivity contribution < 1.29 is 0 Å². The third kappa shape index (κ3) is 3.17. The van der Waals surface area contributed by atoms with Gasteiger partial charge >= 0.3 is 0 Å². The predicted molar refractivity (Wildman–Crippen MR) is 194 cm³/mol. The molecule has 0 fully saturated rings. The van der Waals surface area contributed by atoms with Gasteiger partial charge in [0.05, 0.1) is 44.9 Å². The van der Waals surface area contributed by atoms with E-state index < -0.39 is 0 Å². The Morgan fingerprint density at radius 2 is 1.25 bits per heavy atom. The van der Waals surface area contributed by atoms with Crippen LogP contribution in [0.2, 0.25) is 0 Å². The summed E-state index contributed by atoms with van der Waals surface area (Å²) in [6.07, 6.45) is 1.78. The fourth-order valence-corrected chi connectivity index (χ4v) is 7.94. The monoisotopic (exact) mass is 610 g/mol. The summed E-state index contributed by atoms with van der Waals surface area (Å²) >= 11 is 0. The van der Waals surface area contributed by atoms with Crippen LogP contribution in [0.25, 0.3) is 98.9 Å². The summed E-state index contributed by atoms with van der Waals surface area (Å²) in [5.41, 5.74) is 8.60. The molecule has 5 heterocycles. The maximum absolute atomic E-state index is 9.48. The lowest BCUT2D eigenvalue weighted by atomic mass is 10.0. The highest BCUT2D eigenvalue weighted by Gasteiger charge is 2.26. The summed E-state index contributed by atoms with van der Waals surface area (Å²) in [7, 11) is 0. The molecule has 0 N–H and O–H groups in total. The molecule has 0 atom stereocenters. The Hall–Kier alpha value is -6.84. The summed E-state index contributed by atoms with van der Waals surface area (Å²) in [4.78, 5) is 15.3. The van der Waals surface area contributed by atoms with Gasteiger partial charge in [-0.05, 0) is 47.9 Å². The molecule has 0 aliphatic carbocycles. The largest absolute Gasteiger partial charge is 0.308 e. The van der Waals surface area contributed by atoms with E-state index in [9.17, 15) is 5.26 Å². The van der Waals surface area contributed by atoms with Crippen LogP contribution in [0.1, 0.15) is 5.56 Å². The number of hydrogen-bond acceptors (Lipinski definition) is 4. The minimum absolute atomic E-state index is 0.555. The van der Waals surface area contributed by atoms with Crippen molar-refractivity contribution in [2.75, 3.05) is 0 Å². The third-order valence-electron chi connectivity index (χ3n) is 9.93. The Bertz CT molecular complexity index is 3180. The molecule has 6 aromatic carbocycles. The van der Waals surface area contributed by atoms with Gasteiger partial charge in [0.15, 0.2) is 5.65 Å². The van der Waals surface area contributed by atoms with Gasteiger partial charge in [-0.15, -0.1) is 0 Å². The molecule has 0 unspecified atom stereocenters.